The van der Waals surface area contributed by atoms with Crippen LogP contribution in [0.4, 0.5) is 0 Å². The number of hydrogen-bond acceptors (Lipinski definition) is 4. The van der Waals surface area contributed by atoms with E-state index in [9.17, 15) is 13.2 Å². The van der Waals surface area contributed by atoms with E-state index in [-0.39, 0.29) is 10.8 Å². The van der Waals surface area contributed by atoms with Crippen LogP contribution in [0.3, 0.4) is 0 Å². The number of carbonyl (C=O) groups is 1. The number of rotatable bonds is 8. The number of hydroxylamine groups is 1. The Balaban J connectivity index is 1.86. The summed E-state index contributed by atoms with van der Waals surface area (Å²) in [4.78, 5) is 19.8. The molecule has 3 aromatic rings. The molecule has 7 heteroatoms. The molecule has 0 aliphatic rings. The summed E-state index contributed by atoms with van der Waals surface area (Å²) in [5, 5.41) is 0. The van der Waals surface area contributed by atoms with Gasteiger partial charge in [-0.05, 0) is 35.4 Å². The van der Waals surface area contributed by atoms with E-state index in [0.29, 0.717) is 18.7 Å². The van der Waals surface area contributed by atoms with E-state index < -0.39 is 10.0 Å². The van der Waals surface area contributed by atoms with Gasteiger partial charge in [-0.3, -0.25) is 9.63 Å². The van der Waals surface area contributed by atoms with Crippen molar-refractivity contribution in [2.45, 2.75) is 18.0 Å². The third kappa shape index (κ3) is 5.13. The van der Waals surface area contributed by atoms with E-state index in [0.717, 1.165) is 15.6 Å². The minimum Gasteiger partial charge on any atom is -0.330 e. The number of carbonyl (C=O) groups excluding carboxylic acids is 1. The minimum absolute atomic E-state index is 0.0565. The Morgan fingerprint density at radius 3 is 1.70 bits per heavy atom. The monoisotopic (exact) mass is 424 g/mol. The molecule has 0 spiro atoms. The minimum atomic E-state index is -3.76. The largest absolute Gasteiger partial charge is 0.330 e. The summed E-state index contributed by atoms with van der Waals surface area (Å²) in [6.45, 7) is 0.891. The Labute approximate surface area is 177 Å². The van der Waals surface area contributed by atoms with Crippen LogP contribution in [-0.4, -0.2) is 37.9 Å². The average Bonchev–Trinajstić information content (AvgIpc) is 2.79. The first-order chi connectivity index (χ1) is 14.4. The zero-order chi connectivity index (χ0) is 21.6. The molecule has 0 aliphatic carbocycles. The molecular weight excluding hydrogens is 400 g/mol. The zero-order valence-electron chi connectivity index (χ0n) is 16.9. The van der Waals surface area contributed by atoms with Crippen molar-refractivity contribution in [2.24, 2.45) is 0 Å². The maximum absolute atomic E-state index is 13.2. The quantitative estimate of drug-likeness (QED) is 0.517. The summed E-state index contributed by atoms with van der Waals surface area (Å²) in [6, 6.07) is 25.4. The number of hydrogen-bond donors (Lipinski definition) is 0. The van der Waals surface area contributed by atoms with Crippen LogP contribution in [-0.2, 0) is 28.0 Å². The second-order valence-corrected chi connectivity index (χ2v) is 8.69. The Kier molecular flexibility index (Phi) is 6.99. The number of nitrogens with zero attached hydrogens (tertiary/aromatic N) is 2. The zero-order valence-corrected chi connectivity index (χ0v) is 17.7. The second kappa shape index (κ2) is 9.67. The van der Waals surface area contributed by atoms with Crippen LogP contribution < -0.4 is 0 Å². The van der Waals surface area contributed by atoms with Crippen LogP contribution >= 0.6 is 0 Å². The van der Waals surface area contributed by atoms with Gasteiger partial charge in [-0.2, -0.15) is 0 Å². The standard InChI is InChI=1S/C23H24N2O4S/c1-24(29-2)30(27,28)22-15-13-21(14-16-22)23(26)25(17-19-9-5-3-6-10-19)18-20-11-7-4-8-12-20/h3-16H,17-18H2,1-2H3. The van der Waals surface area contributed by atoms with Gasteiger partial charge in [0.05, 0.1) is 12.0 Å². The molecule has 0 heterocycles. The molecule has 3 aromatic carbocycles. The van der Waals surface area contributed by atoms with Gasteiger partial charge in [0.1, 0.15) is 0 Å². The molecule has 0 radical (unpaired) electrons. The maximum Gasteiger partial charge on any atom is 0.264 e. The molecule has 0 N–H and O–H groups in total. The fourth-order valence-corrected chi connectivity index (χ4v) is 3.98. The Bertz CT molecular complexity index is 1030. The second-order valence-electron chi connectivity index (χ2n) is 6.75. The van der Waals surface area contributed by atoms with Crippen LogP contribution in [0.15, 0.2) is 89.8 Å². The van der Waals surface area contributed by atoms with Crippen molar-refractivity contribution in [2.75, 3.05) is 14.2 Å². The molecule has 6 nitrogen and oxygen atoms in total. The predicted molar refractivity (Wildman–Crippen MR) is 115 cm³/mol. The van der Waals surface area contributed by atoms with Crippen molar-refractivity contribution in [3.05, 3.63) is 102 Å². The Hall–Kier alpha value is -3.00. The first kappa shape index (κ1) is 21.7. The van der Waals surface area contributed by atoms with Gasteiger partial charge in [-0.25, -0.2) is 8.42 Å². The summed E-state index contributed by atoms with van der Waals surface area (Å²) < 4.78 is 25.5. The smallest absolute Gasteiger partial charge is 0.264 e. The molecule has 0 bridgehead atoms. The lowest BCUT2D eigenvalue weighted by atomic mass is 10.1. The van der Waals surface area contributed by atoms with Crippen molar-refractivity contribution in [1.29, 1.82) is 0 Å². The topological polar surface area (TPSA) is 66.9 Å². The normalized spacial score (nSPS) is 11.4. The molecule has 0 saturated carbocycles. The first-order valence-corrected chi connectivity index (χ1v) is 10.9. The van der Waals surface area contributed by atoms with Crippen LogP contribution in [0.5, 0.6) is 0 Å². The molecular formula is C23H24N2O4S. The van der Waals surface area contributed by atoms with Crippen LogP contribution in [0.2, 0.25) is 0 Å². The number of amides is 1. The molecule has 0 aromatic heterocycles. The third-order valence-corrected chi connectivity index (χ3v) is 6.41. The van der Waals surface area contributed by atoms with Gasteiger partial charge >= 0.3 is 0 Å². The van der Waals surface area contributed by atoms with Gasteiger partial charge < -0.3 is 4.90 Å². The van der Waals surface area contributed by atoms with Crippen molar-refractivity contribution in [1.82, 2.24) is 9.37 Å². The van der Waals surface area contributed by atoms with Gasteiger partial charge in [0, 0.05) is 25.7 Å². The van der Waals surface area contributed by atoms with Gasteiger partial charge in [-0.1, -0.05) is 65.1 Å². The molecule has 0 aliphatic heterocycles. The van der Waals surface area contributed by atoms with E-state index in [2.05, 4.69) is 0 Å². The lowest BCUT2D eigenvalue weighted by Gasteiger charge is -2.23. The Morgan fingerprint density at radius 1 is 0.800 bits per heavy atom. The van der Waals surface area contributed by atoms with E-state index in [1.807, 2.05) is 60.7 Å². The number of benzene rings is 3. The fourth-order valence-electron chi connectivity index (χ4n) is 3.01. The van der Waals surface area contributed by atoms with Crippen LogP contribution in [0, 0.1) is 0 Å². The summed E-state index contributed by atoms with van der Waals surface area (Å²) in [6.07, 6.45) is 0. The summed E-state index contributed by atoms with van der Waals surface area (Å²) in [5.74, 6) is -0.174. The maximum atomic E-state index is 13.2. The van der Waals surface area contributed by atoms with Crippen LogP contribution in [0.1, 0.15) is 21.5 Å². The molecule has 0 saturated heterocycles. The Morgan fingerprint density at radius 2 is 1.27 bits per heavy atom. The van der Waals surface area contributed by atoms with Gasteiger partial charge in [-0.15, -0.1) is 0 Å². The van der Waals surface area contributed by atoms with Crippen molar-refractivity contribution in [3.63, 3.8) is 0 Å². The molecule has 30 heavy (non-hydrogen) atoms. The molecule has 156 valence electrons. The van der Waals surface area contributed by atoms with Crippen molar-refractivity contribution in [3.8, 4) is 0 Å². The highest BCUT2D eigenvalue weighted by molar-refractivity contribution is 7.89. The number of sulfonamides is 1. The lowest BCUT2D eigenvalue weighted by molar-refractivity contribution is -0.0258. The SMILES string of the molecule is CON(C)S(=O)(=O)c1ccc(C(=O)N(Cc2ccccc2)Cc2ccccc2)cc1. The average molecular weight is 425 g/mol. The highest BCUT2D eigenvalue weighted by Gasteiger charge is 2.22. The molecule has 0 fully saturated rings. The summed E-state index contributed by atoms with van der Waals surface area (Å²) >= 11 is 0. The van der Waals surface area contributed by atoms with E-state index >= 15 is 0 Å². The van der Waals surface area contributed by atoms with Crippen molar-refractivity contribution >= 4 is 15.9 Å². The third-order valence-electron chi connectivity index (χ3n) is 4.71. The van der Waals surface area contributed by atoms with Crippen LogP contribution in [0.25, 0.3) is 0 Å². The highest BCUT2D eigenvalue weighted by Crippen LogP contribution is 2.18. The molecule has 3 rings (SSSR count). The van der Waals surface area contributed by atoms with E-state index in [1.165, 1.54) is 38.4 Å². The molecule has 0 atom stereocenters. The molecule has 0 unspecified atom stereocenters. The lowest BCUT2D eigenvalue weighted by Crippen LogP contribution is -2.30. The van der Waals surface area contributed by atoms with Gasteiger partial charge in [0.15, 0.2) is 0 Å². The van der Waals surface area contributed by atoms with Gasteiger partial charge in [0.2, 0.25) is 0 Å². The predicted octanol–water partition coefficient (Wildman–Crippen LogP) is 3.71. The van der Waals surface area contributed by atoms with E-state index in [4.69, 9.17) is 4.84 Å². The summed E-state index contributed by atoms with van der Waals surface area (Å²) in [5.41, 5.74) is 2.45. The first-order valence-electron chi connectivity index (χ1n) is 9.42. The molecule has 1 amide bonds. The van der Waals surface area contributed by atoms with Gasteiger partial charge in [0.25, 0.3) is 15.9 Å². The fraction of sp³-hybridized carbons (Fsp3) is 0.174. The van der Waals surface area contributed by atoms with E-state index in [1.54, 1.807) is 4.90 Å². The summed E-state index contributed by atoms with van der Waals surface area (Å²) in [7, 11) is -1.17. The van der Waals surface area contributed by atoms with Crippen molar-refractivity contribution < 1.29 is 18.0 Å². The highest BCUT2D eigenvalue weighted by atomic mass is 32.2.